The molecule has 134 valence electrons. The fraction of sp³-hybridized carbons (Fsp3) is 0.0556. The molecule has 3 heterocycles. The molecule has 1 amide bonds. The maximum absolute atomic E-state index is 12.8. The zero-order chi connectivity index (χ0) is 18.8. The van der Waals surface area contributed by atoms with Gasteiger partial charge in [-0.3, -0.25) is 19.3 Å². The van der Waals surface area contributed by atoms with E-state index in [2.05, 4.69) is 20.8 Å². The lowest BCUT2D eigenvalue weighted by molar-refractivity contribution is 0.102. The summed E-state index contributed by atoms with van der Waals surface area (Å²) in [5.74, 6) is 0.463. The number of anilines is 1. The van der Waals surface area contributed by atoms with Crippen molar-refractivity contribution in [2.45, 2.75) is 0 Å². The van der Waals surface area contributed by atoms with Gasteiger partial charge in [-0.2, -0.15) is 0 Å². The smallest absolute Gasteiger partial charge is 0.268 e. The van der Waals surface area contributed by atoms with Crippen LogP contribution in [0.5, 0.6) is 11.5 Å². The number of tetrazole rings is 1. The number of hydrogen-bond donors (Lipinski definition) is 1. The average Bonchev–Trinajstić information content (AvgIpc) is 3.09. The topological polar surface area (TPSA) is 103 Å². The molecule has 4 aromatic rings. The van der Waals surface area contributed by atoms with E-state index in [0.717, 1.165) is 0 Å². The van der Waals surface area contributed by atoms with Crippen LogP contribution >= 0.6 is 0 Å². The maximum atomic E-state index is 12.8. The lowest BCUT2D eigenvalue weighted by Gasteiger charge is -2.12. The molecule has 9 heteroatoms. The first kappa shape index (κ1) is 16.5. The molecule has 0 fully saturated rings. The highest BCUT2D eigenvalue weighted by molar-refractivity contribution is 6.03. The Morgan fingerprint density at radius 2 is 1.89 bits per heavy atom. The zero-order valence-corrected chi connectivity index (χ0v) is 14.2. The Balaban J connectivity index is 1.81. The molecule has 3 aromatic heterocycles. The van der Waals surface area contributed by atoms with Gasteiger partial charge in [-0.1, -0.05) is 29.4 Å². The number of amides is 1. The number of benzene rings is 1. The van der Waals surface area contributed by atoms with Crippen molar-refractivity contribution in [2.75, 3.05) is 5.32 Å². The summed E-state index contributed by atoms with van der Waals surface area (Å²) in [4.78, 5) is 25.4. The third-order valence-electron chi connectivity index (χ3n) is 3.90. The van der Waals surface area contributed by atoms with Gasteiger partial charge in [0.05, 0.1) is 5.52 Å². The number of para-hydroxylation sites is 1. The first-order valence-electron chi connectivity index (χ1n) is 8.04. The number of pyridine rings is 2. The predicted molar refractivity (Wildman–Crippen MR) is 96.9 cm³/mol. The van der Waals surface area contributed by atoms with E-state index in [9.17, 15) is 9.59 Å². The van der Waals surface area contributed by atoms with E-state index in [1.165, 1.54) is 15.1 Å². The third kappa shape index (κ3) is 3.13. The van der Waals surface area contributed by atoms with Gasteiger partial charge in [0.1, 0.15) is 11.3 Å². The molecule has 0 radical (unpaired) electrons. The minimum atomic E-state index is -0.630. The Kier molecular flexibility index (Phi) is 4.09. The Labute approximate surface area is 152 Å². The van der Waals surface area contributed by atoms with Gasteiger partial charge in [-0.05, 0) is 34.7 Å². The van der Waals surface area contributed by atoms with Gasteiger partial charge in [-0.25, -0.2) is 4.68 Å². The highest BCUT2D eigenvalue weighted by Crippen LogP contribution is 2.26. The maximum Gasteiger partial charge on any atom is 0.268 e. The molecule has 0 atom stereocenters. The predicted octanol–water partition coefficient (Wildman–Crippen LogP) is 1.87. The highest BCUT2D eigenvalue weighted by atomic mass is 16.5. The third-order valence-corrected chi connectivity index (χ3v) is 3.90. The molecule has 1 N–H and O–H groups in total. The first-order chi connectivity index (χ1) is 13.1. The summed E-state index contributed by atoms with van der Waals surface area (Å²) in [6.07, 6.45) is 1.58. The SMILES string of the molecule is Cn1nnnc1NC(=O)c1cc(Oc2ccccc2)c2ccccn2c1=O. The molecule has 0 saturated carbocycles. The summed E-state index contributed by atoms with van der Waals surface area (Å²) in [5.41, 5.74) is -0.0190. The molecule has 0 spiro atoms. The molecular weight excluding hydrogens is 348 g/mol. The van der Waals surface area contributed by atoms with E-state index < -0.39 is 11.5 Å². The van der Waals surface area contributed by atoms with Gasteiger partial charge in [0, 0.05) is 19.3 Å². The molecule has 27 heavy (non-hydrogen) atoms. The number of aromatic nitrogens is 5. The Morgan fingerprint density at radius 1 is 1.11 bits per heavy atom. The molecule has 0 aliphatic rings. The number of rotatable bonds is 4. The highest BCUT2D eigenvalue weighted by Gasteiger charge is 2.18. The normalized spacial score (nSPS) is 10.7. The van der Waals surface area contributed by atoms with Crippen molar-refractivity contribution in [3.05, 3.63) is 76.7 Å². The van der Waals surface area contributed by atoms with Crippen LogP contribution in [0.15, 0.2) is 65.6 Å². The molecule has 0 bridgehead atoms. The van der Waals surface area contributed by atoms with Gasteiger partial charge in [0.2, 0.25) is 5.95 Å². The van der Waals surface area contributed by atoms with E-state index in [1.807, 2.05) is 18.2 Å². The van der Waals surface area contributed by atoms with Crippen LogP contribution in [0, 0.1) is 0 Å². The van der Waals surface area contributed by atoms with E-state index >= 15 is 0 Å². The summed E-state index contributed by atoms with van der Waals surface area (Å²) in [6.45, 7) is 0. The lowest BCUT2D eigenvalue weighted by atomic mass is 10.2. The first-order valence-corrected chi connectivity index (χ1v) is 8.04. The molecule has 0 saturated heterocycles. The number of aryl methyl sites for hydroxylation is 1. The molecule has 0 aliphatic heterocycles. The van der Waals surface area contributed by atoms with Crippen LogP contribution < -0.4 is 15.6 Å². The van der Waals surface area contributed by atoms with Crippen LogP contribution in [0.4, 0.5) is 5.95 Å². The number of fused-ring (bicyclic) bond motifs is 1. The average molecular weight is 362 g/mol. The van der Waals surface area contributed by atoms with Gasteiger partial charge in [0.15, 0.2) is 5.75 Å². The van der Waals surface area contributed by atoms with Crippen LogP contribution in [0.1, 0.15) is 10.4 Å². The summed E-state index contributed by atoms with van der Waals surface area (Å²) < 4.78 is 8.56. The van der Waals surface area contributed by atoms with Gasteiger partial charge >= 0.3 is 0 Å². The van der Waals surface area contributed by atoms with Crippen LogP contribution in [0.25, 0.3) is 5.52 Å². The number of carbonyl (C=O) groups is 1. The fourth-order valence-electron chi connectivity index (χ4n) is 2.58. The van der Waals surface area contributed by atoms with Crippen LogP contribution in [-0.4, -0.2) is 30.5 Å². The monoisotopic (exact) mass is 362 g/mol. The lowest BCUT2D eigenvalue weighted by Crippen LogP contribution is -2.27. The summed E-state index contributed by atoms with van der Waals surface area (Å²) in [7, 11) is 1.58. The molecular formula is C18H14N6O3. The number of carbonyl (C=O) groups excluding carboxylic acids is 1. The van der Waals surface area contributed by atoms with E-state index in [4.69, 9.17) is 4.74 Å². The minimum absolute atomic E-state index is 0.0902. The second-order valence-corrected chi connectivity index (χ2v) is 5.68. The summed E-state index contributed by atoms with van der Waals surface area (Å²) in [5, 5.41) is 13.3. The van der Waals surface area contributed by atoms with Gasteiger partial charge in [-0.15, -0.1) is 0 Å². The summed E-state index contributed by atoms with van der Waals surface area (Å²) in [6, 6.07) is 15.8. The van der Waals surface area contributed by atoms with Gasteiger partial charge in [0.25, 0.3) is 11.5 Å². The summed E-state index contributed by atoms with van der Waals surface area (Å²) >= 11 is 0. The van der Waals surface area contributed by atoms with E-state index in [1.54, 1.807) is 43.6 Å². The number of hydrogen-bond acceptors (Lipinski definition) is 6. The van der Waals surface area contributed by atoms with Crippen molar-refractivity contribution >= 4 is 17.4 Å². The Hall–Kier alpha value is -4.01. The molecule has 1 aromatic carbocycles. The number of ether oxygens (including phenoxy) is 1. The Morgan fingerprint density at radius 3 is 2.63 bits per heavy atom. The number of nitrogens with one attached hydrogen (secondary N) is 1. The Bertz CT molecular complexity index is 1180. The zero-order valence-electron chi connectivity index (χ0n) is 14.2. The standard InChI is InChI=1S/C18H14N6O3/c1-23-18(20-21-22-23)19-16(25)13-11-15(27-12-7-3-2-4-8-12)14-9-5-6-10-24(14)17(13)26/h2-11H,1H3,(H,19,20,22,25). The van der Waals surface area contributed by atoms with E-state index in [0.29, 0.717) is 17.0 Å². The molecule has 0 unspecified atom stereocenters. The second kappa shape index (κ2) is 6.71. The second-order valence-electron chi connectivity index (χ2n) is 5.68. The van der Waals surface area contributed by atoms with Crippen molar-refractivity contribution in [3.63, 3.8) is 0 Å². The fourth-order valence-corrected chi connectivity index (χ4v) is 2.58. The van der Waals surface area contributed by atoms with Crippen molar-refractivity contribution < 1.29 is 9.53 Å². The molecule has 0 aliphatic carbocycles. The van der Waals surface area contributed by atoms with Crippen molar-refractivity contribution in [2.24, 2.45) is 7.05 Å². The van der Waals surface area contributed by atoms with Crippen molar-refractivity contribution in [1.82, 2.24) is 24.6 Å². The van der Waals surface area contributed by atoms with Gasteiger partial charge < -0.3 is 4.74 Å². The molecule has 4 rings (SSSR count). The van der Waals surface area contributed by atoms with Crippen molar-refractivity contribution in [3.8, 4) is 11.5 Å². The quantitative estimate of drug-likeness (QED) is 0.594. The molecule has 9 nitrogen and oxygen atoms in total. The van der Waals surface area contributed by atoms with Crippen LogP contribution in [-0.2, 0) is 7.05 Å². The van der Waals surface area contributed by atoms with Crippen LogP contribution in [0.2, 0.25) is 0 Å². The van der Waals surface area contributed by atoms with Crippen LogP contribution in [0.3, 0.4) is 0 Å². The van der Waals surface area contributed by atoms with E-state index in [-0.39, 0.29) is 11.5 Å². The van der Waals surface area contributed by atoms with Crippen molar-refractivity contribution in [1.29, 1.82) is 0 Å². The minimum Gasteiger partial charge on any atom is -0.455 e. The largest absolute Gasteiger partial charge is 0.455 e. The number of nitrogens with zero attached hydrogens (tertiary/aromatic N) is 5.